The molecule has 0 aliphatic carbocycles. The molecule has 2 aromatic rings. The molecule has 0 saturated carbocycles. The van der Waals surface area contributed by atoms with Gasteiger partial charge in [-0.3, -0.25) is 13.9 Å². The number of hydrogen-bond acceptors (Lipinski definition) is 4. The number of amides is 2. The van der Waals surface area contributed by atoms with Crippen LogP contribution < -0.4 is 14.9 Å². The minimum atomic E-state index is -3.32. The van der Waals surface area contributed by atoms with E-state index in [1.54, 1.807) is 32.0 Å². The van der Waals surface area contributed by atoms with Crippen molar-refractivity contribution < 1.29 is 18.0 Å². The molecular weight excluding hydrogens is 378 g/mol. The van der Waals surface area contributed by atoms with Crippen LogP contribution in [0.3, 0.4) is 0 Å². The van der Waals surface area contributed by atoms with Crippen LogP contribution in [0.15, 0.2) is 48.5 Å². The Morgan fingerprint density at radius 3 is 2.43 bits per heavy atom. The molecule has 1 heterocycles. The first-order chi connectivity index (χ1) is 13.3. The summed E-state index contributed by atoms with van der Waals surface area (Å²) >= 11 is 0. The molecule has 3 rings (SSSR count). The summed E-state index contributed by atoms with van der Waals surface area (Å²) in [7, 11) is -3.32. The highest BCUT2D eigenvalue weighted by atomic mass is 32.2. The standard InChI is InChI=1S/C20H23N3O4S/c1-14-9-10-17(23-11-6-12-28(23,26)27)13-18(14)22-20(25)19(24)21-15(2)16-7-4-3-5-8-16/h3-5,7-10,13,15H,6,11-12H2,1-2H3,(H,21,24)(H,22,25). The number of anilines is 2. The van der Waals surface area contributed by atoms with Gasteiger partial charge in [-0.15, -0.1) is 0 Å². The minimum absolute atomic E-state index is 0.113. The van der Waals surface area contributed by atoms with Crippen LogP contribution in [-0.2, 0) is 19.6 Å². The first kappa shape index (κ1) is 19.9. The van der Waals surface area contributed by atoms with Crippen molar-refractivity contribution in [3.8, 4) is 0 Å². The van der Waals surface area contributed by atoms with E-state index in [9.17, 15) is 18.0 Å². The second-order valence-electron chi connectivity index (χ2n) is 6.80. The average molecular weight is 401 g/mol. The van der Waals surface area contributed by atoms with Crippen LogP contribution in [0.2, 0.25) is 0 Å². The van der Waals surface area contributed by atoms with Crippen LogP contribution in [-0.4, -0.2) is 32.5 Å². The number of sulfonamides is 1. The fraction of sp³-hybridized carbons (Fsp3) is 0.300. The fourth-order valence-corrected chi connectivity index (χ4v) is 4.65. The molecular formula is C20H23N3O4S. The molecule has 0 spiro atoms. The van der Waals surface area contributed by atoms with E-state index in [2.05, 4.69) is 10.6 Å². The summed E-state index contributed by atoms with van der Waals surface area (Å²) in [6.07, 6.45) is 0.567. The second kappa shape index (κ2) is 8.02. The topological polar surface area (TPSA) is 95.6 Å². The van der Waals surface area contributed by atoms with Crippen LogP contribution in [0.1, 0.15) is 30.5 Å². The highest BCUT2D eigenvalue weighted by Gasteiger charge is 2.29. The molecule has 0 bridgehead atoms. The zero-order valence-corrected chi connectivity index (χ0v) is 16.6. The number of nitrogens with zero attached hydrogens (tertiary/aromatic N) is 1. The van der Waals surface area contributed by atoms with Crippen LogP contribution in [0.5, 0.6) is 0 Å². The zero-order valence-electron chi connectivity index (χ0n) is 15.8. The van der Waals surface area contributed by atoms with E-state index in [4.69, 9.17) is 0 Å². The van der Waals surface area contributed by atoms with Crippen molar-refractivity contribution in [2.45, 2.75) is 26.3 Å². The van der Waals surface area contributed by atoms with Crippen LogP contribution in [0, 0.1) is 6.92 Å². The van der Waals surface area contributed by atoms with E-state index in [-0.39, 0.29) is 11.8 Å². The number of benzene rings is 2. The Balaban J connectivity index is 1.71. The van der Waals surface area contributed by atoms with Gasteiger partial charge in [-0.25, -0.2) is 8.42 Å². The molecule has 0 radical (unpaired) electrons. The molecule has 8 heteroatoms. The van der Waals surface area contributed by atoms with E-state index in [1.807, 2.05) is 30.3 Å². The number of aryl methyl sites for hydroxylation is 1. The number of carbonyl (C=O) groups excluding carboxylic acids is 2. The van der Waals surface area contributed by atoms with Crippen molar-refractivity contribution >= 4 is 33.2 Å². The number of carbonyl (C=O) groups is 2. The summed E-state index contributed by atoms with van der Waals surface area (Å²) in [5, 5.41) is 5.25. The second-order valence-corrected chi connectivity index (χ2v) is 8.81. The van der Waals surface area contributed by atoms with Crippen molar-refractivity contribution in [3.05, 3.63) is 59.7 Å². The maximum absolute atomic E-state index is 12.3. The Labute approximate surface area is 164 Å². The van der Waals surface area contributed by atoms with Crippen molar-refractivity contribution in [1.82, 2.24) is 5.32 Å². The summed E-state index contributed by atoms with van der Waals surface area (Å²) in [6, 6.07) is 14.0. The Hall–Kier alpha value is -2.87. The molecule has 28 heavy (non-hydrogen) atoms. The van der Waals surface area contributed by atoms with E-state index in [0.29, 0.717) is 24.3 Å². The highest BCUT2D eigenvalue weighted by molar-refractivity contribution is 7.93. The molecule has 1 unspecified atom stereocenters. The van der Waals surface area contributed by atoms with E-state index in [1.165, 1.54) is 4.31 Å². The summed E-state index contributed by atoms with van der Waals surface area (Å²) in [5.74, 6) is -1.44. The first-order valence-corrected chi connectivity index (χ1v) is 10.7. The third-order valence-electron chi connectivity index (χ3n) is 4.71. The molecule has 0 aromatic heterocycles. The van der Waals surface area contributed by atoms with Crippen LogP contribution in [0.4, 0.5) is 11.4 Å². The van der Waals surface area contributed by atoms with Crippen molar-refractivity contribution in [2.75, 3.05) is 21.9 Å². The zero-order chi connectivity index (χ0) is 20.3. The first-order valence-electron chi connectivity index (χ1n) is 9.06. The smallest absolute Gasteiger partial charge is 0.313 e. The summed E-state index contributed by atoms with van der Waals surface area (Å²) in [5.41, 5.74) is 2.52. The highest BCUT2D eigenvalue weighted by Crippen LogP contribution is 2.28. The van der Waals surface area contributed by atoms with Gasteiger partial charge in [0.25, 0.3) is 0 Å². The molecule has 7 nitrogen and oxygen atoms in total. The van der Waals surface area contributed by atoms with Crippen molar-refractivity contribution in [2.24, 2.45) is 0 Å². The summed E-state index contributed by atoms with van der Waals surface area (Å²) < 4.78 is 25.6. The molecule has 1 aliphatic heterocycles. The number of rotatable bonds is 4. The minimum Gasteiger partial charge on any atom is -0.341 e. The Bertz CT molecular complexity index is 990. The van der Waals surface area contributed by atoms with Gasteiger partial charge in [0.2, 0.25) is 10.0 Å². The lowest BCUT2D eigenvalue weighted by molar-refractivity contribution is -0.136. The summed E-state index contributed by atoms with van der Waals surface area (Å²) in [4.78, 5) is 24.6. The fourth-order valence-electron chi connectivity index (χ4n) is 3.10. The molecule has 1 saturated heterocycles. The normalized spacial score (nSPS) is 16.4. The van der Waals surface area contributed by atoms with Gasteiger partial charge >= 0.3 is 11.8 Å². The van der Waals surface area contributed by atoms with Crippen LogP contribution >= 0.6 is 0 Å². The van der Waals surface area contributed by atoms with Crippen molar-refractivity contribution in [3.63, 3.8) is 0 Å². The SMILES string of the molecule is Cc1ccc(N2CCCS2(=O)=O)cc1NC(=O)C(=O)NC(C)c1ccccc1. The Morgan fingerprint density at radius 2 is 1.79 bits per heavy atom. The lowest BCUT2D eigenvalue weighted by atomic mass is 10.1. The molecule has 1 aliphatic rings. The van der Waals surface area contributed by atoms with E-state index < -0.39 is 21.8 Å². The van der Waals surface area contributed by atoms with Crippen LogP contribution in [0.25, 0.3) is 0 Å². The Morgan fingerprint density at radius 1 is 1.07 bits per heavy atom. The van der Waals surface area contributed by atoms with Gasteiger partial charge in [0.05, 0.1) is 17.5 Å². The quantitative estimate of drug-likeness (QED) is 0.769. The Kier molecular flexibility index (Phi) is 5.69. The van der Waals surface area contributed by atoms with E-state index >= 15 is 0 Å². The molecule has 2 aromatic carbocycles. The maximum atomic E-state index is 12.3. The number of hydrogen-bond donors (Lipinski definition) is 2. The summed E-state index contributed by atoms with van der Waals surface area (Å²) in [6.45, 7) is 3.99. The van der Waals surface area contributed by atoms with Gasteiger partial charge in [0.1, 0.15) is 0 Å². The lowest BCUT2D eigenvalue weighted by Crippen LogP contribution is -2.37. The monoisotopic (exact) mass is 401 g/mol. The molecule has 1 fully saturated rings. The van der Waals surface area contributed by atoms with Crippen molar-refractivity contribution in [1.29, 1.82) is 0 Å². The van der Waals surface area contributed by atoms with Gasteiger partial charge in [0, 0.05) is 12.2 Å². The molecule has 2 N–H and O–H groups in total. The molecule has 148 valence electrons. The largest absolute Gasteiger partial charge is 0.341 e. The van der Waals surface area contributed by atoms with Gasteiger partial charge in [0.15, 0.2) is 0 Å². The third-order valence-corrected chi connectivity index (χ3v) is 6.58. The predicted octanol–water partition coefficient (Wildman–Crippen LogP) is 2.35. The van der Waals surface area contributed by atoms with Gasteiger partial charge < -0.3 is 10.6 Å². The molecule has 1 atom stereocenters. The van der Waals surface area contributed by atoms with Gasteiger partial charge in [-0.2, -0.15) is 0 Å². The average Bonchev–Trinajstić information content (AvgIpc) is 3.03. The third kappa shape index (κ3) is 4.33. The lowest BCUT2D eigenvalue weighted by Gasteiger charge is -2.19. The predicted molar refractivity (Wildman–Crippen MR) is 109 cm³/mol. The van der Waals surface area contributed by atoms with Gasteiger partial charge in [-0.1, -0.05) is 36.4 Å². The van der Waals surface area contributed by atoms with E-state index in [0.717, 1.165) is 11.1 Å². The molecule has 2 amide bonds. The van der Waals surface area contributed by atoms with Gasteiger partial charge in [-0.05, 0) is 43.5 Å². The maximum Gasteiger partial charge on any atom is 0.313 e. The number of nitrogens with one attached hydrogen (secondary N) is 2.